The quantitative estimate of drug-likeness (QED) is 0.840. The first-order chi connectivity index (χ1) is 9.58. The van der Waals surface area contributed by atoms with Crippen molar-refractivity contribution in [3.05, 3.63) is 50.8 Å². The van der Waals surface area contributed by atoms with Gasteiger partial charge in [-0.2, -0.15) is 0 Å². The van der Waals surface area contributed by atoms with E-state index in [9.17, 15) is 0 Å². The van der Waals surface area contributed by atoms with E-state index < -0.39 is 0 Å². The molecule has 0 radical (unpaired) electrons. The highest BCUT2D eigenvalue weighted by molar-refractivity contribution is 9.10. The van der Waals surface area contributed by atoms with E-state index >= 15 is 0 Å². The second-order valence-electron chi connectivity index (χ2n) is 4.43. The predicted molar refractivity (Wildman–Crippen MR) is 84.7 cm³/mol. The summed E-state index contributed by atoms with van der Waals surface area (Å²) in [6.07, 6.45) is 1.70. The van der Waals surface area contributed by atoms with E-state index in [1.165, 1.54) is 0 Å². The zero-order chi connectivity index (χ0) is 14.7. The van der Waals surface area contributed by atoms with E-state index in [1.807, 2.05) is 25.1 Å². The van der Waals surface area contributed by atoms with Crippen LogP contribution >= 0.6 is 27.5 Å². The summed E-state index contributed by atoms with van der Waals surface area (Å²) in [5.74, 6) is 1.66. The molecule has 0 amide bonds. The van der Waals surface area contributed by atoms with Gasteiger partial charge in [0.25, 0.3) is 0 Å². The molecule has 3 nitrogen and oxygen atoms in total. The smallest absolute Gasteiger partial charge is 0.138 e. The molecule has 0 fully saturated rings. The summed E-state index contributed by atoms with van der Waals surface area (Å²) >= 11 is 9.69. The molecule has 2 aromatic rings. The molecule has 0 aliphatic heterocycles. The number of furan rings is 1. The Balaban J connectivity index is 2.58. The fraction of sp³-hybridized carbons (Fsp3) is 0.333. The maximum atomic E-state index is 6.19. The molecule has 108 valence electrons. The number of rotatable bonds is 5. The molecule has 2 rings (SSSR count). The van der Waals surface area contributed by atoms with Crippen LogP contribution in [0, 0.1) is 6.92 Å². The summed E-state index contributed by atoms with van der Waals surface area (Å²) in [5.41, 5.74) is 2.07. The van der Waals surface area contributed by atoms with Gasteiger partial charge in [0.15, 0.2) is 0 Å². The van der Waals surface area contributed by atoms with Crippen molar-refractivity contribution >= 4 is 27.5 Å². The number of hydrogen-bond acceptors (Lipinski definition) is 3. The molecule has 1 atom stereocenters. The summed E-state index contributed by atoms with van der Waals surface area (Å²) in [7, 11) is 1.66. The van der Waals surface area contributed by atoms with Crippen LogP contribution in [-0.4, -0.2) is 13.7 Å². The Labute approximate surface area is 132 Å². The Hall–Kier alpha value is -0.970. The summed E-state index contributed by atoms with van der Waals surface area (Å²) in [4.78, 5) is 0. The van der Waals surface area contributed by atoms with Gasteiger partial charge in [0, 0.05) is 16.1 Å². The summed E-state index contributed by atoms with van der Waals surface area (Å²) < 4.78 is 11.8. The van der Waals surface area contributed by atoms with Gasteiger partial charge >= 0.3 is 0 Å². The highest BCUT2D eigenvalue weighted by atomic mass is 79.9. The normalized spacial score (nSPS) is 12.4. The molecule has 1 heterocycles. The minimum atomic E-state index is -0.0244. The average molecular weight is 359 g/mol. The number of halogens is 2. The lowest BCUT2D eigenvalue weighted by Crippen LogP contribution is -2.23. The van der Waals surface area contributed by atoms with Crippen molar-refractivity contribution < 1.29 is 9.15 Å². The van der Waals surface area contributed by atoms with Gasteiger partial charge in [-0.15, -0.1) is 0 Å². The highest BCUT2D eigenvalue weighted by Crippen LogP contribution is 2.39. The molecule has 0 spiro atoms. The van der Waals surface area contributed by atoms with Gasteiger partial charge in [-0.25, -0.2) is 0 Å². The fourth-order valence-electron chi connectivity index (χ4n) is 2.30. The highest BCUT2D eigenvalue weighted by Gasteiger charge is 2.22. The first-order valence-corrected chi connectivity index (χ1v) is 7.55. The largest absolute Gasteiger partial charge is 0.495 e. The molecule has 1 aromatic carbocycles. The number of methoxy groups -OCH3 is 1. The Bertz CT molecular complexity index is 598. The molecule has 5 heteroatoms. The van der Waals surface area contributed by atoms with Crippen LogP contribution in [0.3, 0.4) is 0 Å². The second kappa shape index (κ2) is 6.66. The number of aryl methyl sites for hydroxylation is 1. The number of nitrogens with one attached hydrogen (secondary N) is 1. The molecule has 0 aliphatic rings. The molecule has 0 bridgehead atoms. The van der Waals surface area contributed by atoms with Gasteiger partial charge in [-0.1, -0.05) is 18.5 Å². The lowest BCUT2D eigenvalue weighted by Gasteiger charge is -2.21. The maximum absolute atomic E-state index is 6.19. The van der Waals surface area contributed by atoms with E-state index in [1.54, 1.807) is 13.4 Å². The first-order valence-electron chi connectivity index (χ1n) is 6.38. The van der Waals surface area contributed by atoms with Gasteiger partial charge in [0.2, 0.25) is 0 Å². The number of ether oxygens (including phenoxy) is 1. The molecule has 1 N–H and O–H groups in total. The first kappa shape index (κ1) is 15.4. The minimum absolute atomic E-state index is 0.0244. The molecule has 20 heavy (non-hydrogen) atoms. The van der Waals surface area contributed by atoms with Crippen molar-refractivity contribution in [2.75, 3.05) is 13.7 Å². The summed E-state index contributed by atoms with van der Waals surface area (Å²) in [5, 5.41) is 4.12. The van der Waals surface area contributed by atoms with Crippen LogP contribution in [0.15, 0.2) is 33.4 Å². The van der Waals surface area contributed by atoms with Gasteiger partial charge in [0.1, 0.15) is 11.5 Å². The second-order valence-corrected chi connectivity index (χ2v) is 5.72. The lowest BCUT2D eigenvalue weighted by molar-refractivity contribution is 0.401. The van der Waals surface area contributed by atoms with Gasteiger partial charge < -0.3 is 14.5 Å². The number of benzene rings is 1. The molecule has 0 saturated heterocycles. The van der Waals surface area contributed by atoms with Crippen LogP contribution in [-0.2, 0) is 0 Å². The third-order valence-corrected chi connectivity index (χ3v) is 3.98. The zero-order valence-electron chi connectivity index (χ0n) is 11.7. The van der Waals surface area contributed by atoms with Crippen LogP contribution in [0.2, 0.25) is 5.02 Å². The van der Waals surface area contributed by atoms with Gasteiger partial charge in [-0.3, -0.25) is 0 Å². The minimum Gasteiger partial charge on any atom is -0.495 e. The van der Waals surface area contributed by atoms with Crippen molar-refractivity contribution in [2.45, 2.75) is 19.9 Å². The van der Waals surface area contributed by atoms with Crippen LogP contribution in [0.1, 0.15) is 29.9 Å². The Morgan fingerprint density at radius 3 is 2.70 bits per heavy atom. The fourth-order valence-corrected chi connectivity index (χ4v) is 3.29. The zero-order valence-corrected chi connectivity index (χ0v) is 14.0. The third kappa shape index (κ3) is 3.03. The molecule has 0 aliphatic carbocycles. The molecule has 1 aromatic heterocycles. The summed E-state index contributed by atoms with van der Waals surface area (Å²) in [6, 6.07) is 5.69. The lowest BCUT2D eigenvalue weighted by atomic mass is 9.98. The predicted octanol–water partition coefficient (Wildman–Crippen LogP) is 4.71. The van der Waals surface area contributed by atoms with Crippen LogP contribution in [0.5, 0.6) is 5.75 Å². The van der Waals surface area contributed by atoms with E-state index in [2.05, 4.69) is 28.2 Å². The van der Waals surface area contributed by atoms with Crippen LogP contribution < -0.4 is 10.1 Å². The summed E-state index contributed by atoms with van der Waals surface area (Å²) in [6.45, 7) is 4.84. The van der Waals surface area contributed by atoms with E-state index in [0.29, 0.717) is 5.02 Å². The monoisotopic (exact) mass is 357 g/mol. The Morgan fingerprint density at radius 2 is 2.15 bits per heavy atom. The van der Waals surface area contributed by atoms with E-state index in [0.717, 1.165) is 33.7 Å². The van der Waals surface area contributed by atoms with E-state index in [4.69, 9.17) is 20.8 Å². The van der Waals surface area contributed by atoms with Crippen molar-refractivity contribution in [1.82, 2.24) is 5.32 Å². The Morgan fingerprint density at radius 1 is 1.40 bits per heavy atom. The SMILES string of the molecule is CCNC(c1ccoc1C)c1cc(Cl)cc(Br)c1OC. The van der Waals surface area contributed by atoms with Crippen molar-refractivity contribution in [3.63, 3.8) is 0 Å². The maximum Gasteiger partial charge on any atom is 0.138 e. The van der Waals surface area contributed by atoms with Crippen molar-refractivity contribution in [2.24, 2.45) is 0 Å². The molecular formula is C15H17BrClNO2. The van der Waals surface area contributed by atoms with Crippen LogP contribution in [0.25, 0.3) is 0 Å². The topological polar surface area (TPSA) is 34.4 Å². The van der Waals surface area contributed by atoms with Gasteiger partial charge in [0.05, 0.1) is 23.9 Å². The van der Waals surface area contributed by atoms with Gasteiger partial charge in [-0.05, 0) is 47.6 Å². The molecular weight excluding hydrogens is 342 g/mol. The molecule has 1 unspecified atom stereocenters. The average Bonchev–Trinajstić information content (AvgIpc) is 2.81. The van der Waals surface area contributed by atoms with E-state index in [-0.39, 0.29) is 6.04 Å². The van der Waals surface area contributed by atoms with Crippen molar-refractivity contribution in [1.29, 1.82) is 0 Å². The van der Waals surface area contributed by atoms with Crippen LogP contribution in [0.4, 0.5) is 0 Å². The Kier molecular flexibility index (Phi) is 5.13. The molecule has 0 saturated carbocycles. The standard InChI is InChI=1S/C15H17BrClNO2/c1-4-18-14(11-5-6-20-9(11)2)12-7-10(17)8-13(16)15(12)19-3/h5-8,14,18H,4H2,1-3H3. The number of hydrogen-bond donors (Lipinski definition) is 1. The third-order valence-electron chi connectivity index (χ3n) is 3.17. The van der Waals surface area contributed by atoms with Crippen molar-refractivity contribution in [3.8, 4) is 5.75 Å².